The van der Waals surface area contributed by atoms with Crippen molar-refractivity contribution < 1.29 is 0 Å². The molecule has 2 rings (SSSR count). The smallest absolute Gasteiger partial charge is 0.0177 e. The van der Waals surface area contributed by atoms with Crippen molar-refractivity contribution in [2.24, 2.45) is 16.7 Å². The van der Waals surface area contributed by atoms with Crippen LogP contribution in [0.15, 0.2) is 0 Å². The van der Waals surface area contributed by atoms with Gasteiger partial charge in [0.05, 0.1) is 0 Å². The van der Waals surface area contributed by atoms with Crippen molar-refractivity contribution in [1.29, 1.82) is 0 Å². The van der Waals surface area contributed by atoms with Gasteiger partial charge in [-0.1, -0.05) is 27.7 Å². The number of nitrogens with one attached hydrogen (secondary N) is 1. The Morgan fingerprint density at radius 3 is 2.47 bits per heavy atom. The van der Waals surface area contributed by atoms with Crippen molar-refractivity contribution in [3.8, 4) is 0 Å². The minimum Gasteiger partial charge on any atom is -0.310 e. The van der Waals surface area contributed by atoms with Gasteiger partial charge in [0.2, 0.25) is 0 Å². The highest BCUT2D eigenvalue weighted by Crippen LogP contribution is 2.62. The van der Waals surface area contributed by atoms with E-state index in [0.717, 1.165) is 12.0 Å². The standard InChI is InChI=1S/C14H27N/c1-6-10(2)15-12-13(3,4)11-7-8-14(12,5)9-11/h10-12,15H,6-9H2,1-5H3/t10?,11-,12?,14+/m0/s1. The van der Waals surface area contributed by atoms with Gasteiger partial charge >= 0.3 is 0 Å². The van der Waals surface area contributed by atoms with Crippen molar-refractivity contribution in [2.45, 2.75) is 72.4 Å². The summed E-state index contributed by atoms with van der Waals surface area (Å²) < 4.78 is 0. The van der Waals surface area contributed by atoms with Crippen molar-refractivity contribution in [3.63, 3.8) is 0 Å². The predicted octanol–water partition coefficient (Wildman–Crippen LogP) is 3.59. The third-order valence-electron chi connectivity index (χ3n) is 5.33. The van der Waals surface area contributed by atoms with Crippen molar-refractivity contribution in [1.82, 2.24) is 5.32 Å². The molecule has 15 heavy (non-hydrogen) atoms. The average molecular weight is 209 g/mol. The molecule has 2 aliphatic rings. The summed E-state index contributed by atoms with van der Waals surface area (Å²) in [7, 11) is 0. The van der Waals surface area contributed by atoms with Crippen molar-refractivity contribution >= 4 is 0 Å². The zero-order valence-corrected chi connectivity index (χ0v) is 11.1. The van der Waals surface area contributed by atoms with E-state index in [1.807, 2.05) is 0 Å². The van der Waals surface area contributed by atoms with E-state index in [4.69, 9.17) is 0 Å². The van der Waals surface area contributed by atoms with E-state index in [1.165, 1.54) is 25.7 Å². The van der Waals surface area contributed by atoms with Gasteiger partial charge in [0, 0.05) is 12.1 Å². The zero-order valence-electron chi connectivity index (χ0n) is 11.1. The highest BCUT2D eigenvalue weighted by molar-refractivity contribution is 5.12. The van der Waals surface area contributed by atoms with E-state index in [1.54, 1.807) is 0 Å². The lowest BCUT2D eigenvalue weighted by Crippen LogP contribution is -2.52. The topological polar surface area (TPSA) is 12.0 Å². The Hall–Kier alpha value is -0.0400. The summed E-state index contributed by atoms with van der Waals surface area (Å²) >= 11 is 0. The molecule has 0 radical (unpaired) electrons. The van der Waals surface area contributed by atoms with Crippen LogP contribution in [0.3, 0.4) is 0 Å². The SMILES string of the molecule is CCC(C)NC1C(C)(C)[C@H]2CC[C@]1(C)C2. The molecule has 0 saturated heterocycles. The van der Waals surface area contributed by atoms with E-state index in [0.29, 0.717) is 16.9 Å². The molecule has 2 saturated carbocycles. The van der Waals surface area contributed by atoms with Crippen LogP contribution in [0, 0.1) is 16.7 Å². The predicted molar refractivity (Wildman–Crippen MR) is 65.9 cm³/mol. The Kier molecular flexibility index (Phi) is 2.65. The van der Waals surface area contributed by atoms with Gasteiger partial charge in [-0.25, -0.2) is 0 Å². The largest absolute Gasteiger partial charge is 0.310 e. The lowest BCUT2D eigenvalue weighted by Gasteiger charge is -2.44. The molecule has 2 fully saturated rings. The first-order chi connectivity index (χ1) is 6.90. The Morgan fingerprint density at radius 2 is 2.00 bits per heavy atom. The van der Waals surface area contributed by atoms with Crippen LogP contribution in [0.2, 0.25) is 0 Å². The molecule has 2 aliphatic carbocycles. The van der Waals surface area contributed by atoms with Gasteiger partial charge in [0.1, 0.15) is 0 Å². The van der Waals surface area contributed by atoms with E-state index >= 15 is 0 Å². The van der Waals surface area contributed by atoms with Gasteiger partial charge in [-0.15, -0.1) is 0 Å². The fourth-order valence-electron chi connectivity index (χ4n) is 4.12. The van der Waals surface area contributed by atoms with E-state index in [9.17, 15) is 0 Å². The lowest BCUT2D eigenvalue weighted by atomic mass is 9.68. The molecule has 0 aromatic heterocycles. The maximum Gasteiger partial charge on any atom is 0.0177 e. The molecule has 2 unspecified atom stereocenters. The van der Waals surface area contributed by atoms with Gasteiger partial charge in [-0.05, 0) is 49.4 Å². The molecular weight excluding hydrogens is 182 g/mol. The quantitative estimate of drug-likeness (QED) is 0.749. The monoisotopic (exact) mass is 209 g/mol. The van der Waals surface area contributed by atoms with Crippen molar-refractivity contribution in [3.05, 3.63) is 0 Å². The van der Waals surface area contributed by atoms with Crippen LogP contribution in [0.1, 0.15) is 60.3 Å². The summed E-state index contributed by atoms with van der Waals surface area (Å²) in [5.41, 5.74) is 1.09. The Morgan fingerprint density at radius 1 is 1.33 bits per heavy atom. The number of hydrogen-bond acceptors (Lipinski definition) is 1. The lowest BCUT2D eigenvalue weighted by molar-refractivity contribution is 0.0997. The summed E-state index contributed by atoms with van der Waals surface area (Å²) in [5, 5.41) is 3.89. The molecule has 88 valence electrons. The minimum atomic E-state index is 0.510. The van der Waals surface area contributed by atoms with Crippen LogP contribution < -0.4 is 5.32 Å². The third kappa shape index (κ3) is 1.63. The fraction of sp³-hybridized carbons (Fsp3) is 1.00. The molecule has 0 aliphatic heterocycles. The fourth-order valence-corrected chi connectivity index (χ4v) is 4.12. The van der Waals surface area contributed by atoms with Gasteiger partial charge in [-0.2, -0.15) is 0 Å². The molecule has 0 aromatic rings. The Bertz CT molecular complexity index is 241. The molecule has 0 heterocycles. The molecule has 1 heteroatoms. The van der Waals surface area contributed by atoms with Gasteiger partial charge in [-0.3, -0.25) is 0 Å². The molecular formula is C14H27N. The second-order valence-electron chi connectivity index (χ2n) is 6.82. The number of fused-ring (bicyclic) bond motifs is 2. The molecule has 4 atom stereocenters. The van der Waals surface area contributed by atoms with Gasteiger partial charge in [0.15, 0.2) is 0 Å². The molecule has 2 bridgehead atoms. The van der Waals surface area contributed by atoms with Crippen LogP contribution in [-0.2, 0) is 0 Å². The molecule has 1 N–H and O–H groups in total. The Balaban J connectivity index is 2.15. The average Bonchev–Trinajstić information content (AvgIpc) is 2.63. The summed E-state index contributed by atoms with van der Waals surface area (Å²) in [6.07, 6.45) is 5.60. The molecule has 1 nitrogen and oxygen atoms in total. The summed E-state index contributed by atoms with van der Waals surface area (Å²) in [5.74, 6) is 0.962. The Labute approximate surface area is 95.0 Å². The molecule has 0 amide bonds. The highest BCUT2D eigenvalue weighted by atomic mass is 15.0. The number of hydrogen-bond donors (Lipinski definition) is 1. The third-order valence-corrected chi connectivity index (χ3v) is 5.33. The van der Waals surface area contributed by atoms with Crippen LogP contribution in [0.25, 0.3) is 0 Å². The van der Waals surface area contributed by atoms with Crippen molar-refractivity contribution in [2.75, 3.05) is 0 Å². The van der Waals surface area contributed by atoms with E-state index < -0.39 is 0 Å². The maximum absolute atomic E-state index is 3.89. The van der Waals surface area contributed by atoms with Crippen LogP contribution in [-0.4, -0.2) is 12.1 Å². The van der Waals surface area contributed by atoms with Gasteiger partial charge in [0.25, 0.3) is 0 Å². The first-order valence-electron chi connectivity index (χ1n) is 6.66. The normalized spacial score (nSPS) is 44.6. The first kappa shape index (κ1) is 11.4. The van der Waals surface area contributed by atoms with Crippen LogP contribution in [0.4, 0.5) is 0 Å². The molecule has 0 aromatic carbocycles. The summed E-state index contributed by atoms with van der Waals surface area (Å²) in [6.45, 7) is 12.1. The second-order valence-corrected chi connectivity index (χ2v) is 6.82. The highest BCUT2D eigenvalue weighted by Gasteiger charge is 2.59. The maximum atomic E-state index is 3.89. The zero-order chi connectivity index (χ0) is 11.3. The van der Waals surface area contributed by atoms with E-state index in [2.05, 4.69) is 39.9 Å². The first-order valence-corrected chi connectivity index (χ1v) is 6.66. The number of rotatable bonds is 3. The van der Waals surface area contributed by atoms with Gasteiger partial charge < -0.3 is 5.32 Å². The second kappa shape index (κ2) is 3.48. The summed E-state index contributed by atoms with van der Waals surface area (Å²) in [4.78, 5) is 0. The minimum absolute atomic E-state index is 0.510. The van der Waals surface area contributed by atoms with Crippen LogP contribution >= 0.6 is 0 Å². The summed E-state index contributed by atoms with van der Waals surface area (Å²) in [6, 6.07) is 1.41. The van der Waals surface area contributed by atoms with Crippen LogP contribution in [0.5, 0.6) is 0 Å². The molecule has 0 spiro atoms. The van der Waals surface area contributed by atoms with E-state index in [-0.39, 0.29) is 0 Å².